The van der Waals surface area contributed by atoms with Gasteiger partial charge in [0.2, 0.25) is 0 Å². The molecule has 1 unspecified atom stereocenters. The van der Waals surface area contributed by atoms with Gasteiger partial charge in [0, 0.05) is 10.6 Å². The highest BCUT2D eigenvalue weighted by Crippen LogP contribution is 2.42. The molecular formula is C12H15ClN2O. The lowest BCUT2D eigenvalue weighted by Crippen LogP contribution is -2.39. The van der Waals surface area contributed by atoms with E-state index in [0.29, 0.717) is 28.6 Å². The Balaban J connectivity index is 2.50. The van der Waals surface area contributed by atoms with Crippen LogP contribution in [0.2, 0.25) is 5.02 Å². The molecule has 0 saturated carbocycles. The van der Waals surface area contributed by atoms with Crippen molar-refractivity contribution in [2.45, 2.75) is 25.9 Å². The van der Waals surface area contributed by atoms with Crippen LogP contribution in [0, 0.1) is 5.92 Å². The summed E-state index contributed by atoms with van der Waals surface area (Å²) in [7, 11) is 0. The maximum absolute atomic E-state index is 10.6. The first kappa shape index (κ1) is 11.4. The van der Waals surface area contributed by atoms with Gasteiger partial charge in [0.05, 0.1) is 5.69 Å². The van der Waals surface area contributed by atoms with Gasteiger partial charge in [-0.3, -0.25) is 0 Å². The summed E-state index contributed by atoms with van der Waals surface area (Å²) in [5.41, 5.74) is 6.09. The van der Waals surface area contributed by atoms with Crippen LogP contribution in [0.15, 0.2) is 23.2 Å². The predicted octanol–water partition coefficient (Wildman–Crippen LogP) is 2.58. The summed E-state index contributed by atoms with van der Waals surface area (Å²) in [4.78, 5) is 4.19. The Morgan fingerprint density at radius 3 is 2.81 bits per heavy atom. The topological polar surface area (TPSA) is 58.6 Å². The zero-order valence-electron chi connectivity index (χ0n) is 9.37. The van der Waals surface area contributed by atoms with Crippen LogP contribution in [0.4, 0.5) is 5.69 Å². The van der Waals surface area contributed by atoms with Crippen molar-refractivity contribution in [2.24, 2.45) is 16.6 Å². The SMILES string of the molecule is CC(C)CC1(O)C(N)=Nc2ccc(Cl)cc21. The number of amidine groups is 1. The molecule has 0 spiro atoms. The zero-order chi connectivity index (χ0) is 11.9. The molecule has 0 aromatic heterocycles. The van der Waals surface area contributed by atoms with E-state index < -0.39 is 5.60 Å². The molecule has 0 fully saturated rings. The molecule has 4 heteroatoms. The molecule has 0 saturated heterocycles. The molecule has 1 aromatic rings. The monoisotopic (exact) mass is 238 g/mol. The van der Waals surface area contributed by atoms with E-state index in [1.807, 2.05) is 13.8 Å². The van der Waals surface area contributed by atoms with Crippen molar-refractivity contribution in [2.75, 3.05) is 0 Å². The van der Waals surface area contributed by atoms with E-state index >= 15 is 0 Å². The van der Waals surface area contributed by atoms with Crippen LogP contribution in [-0.2, 0) is 5.60 Å². The van der Waals surface area contributed by atoms with Crippen LogP contribution in [-0.4, -0.2) is 10.9 Å². The van der Waals surface area contributed by atoms with E-state index in [-0.39, 0.29) is 5.84 Å². The number of fused-ring (bicyclic) bond motifs is 1. The minimum absolute atomic E-state index is 0.262. The van der Waals surface area contributed by atoms with Gasteiger partial charge >= 0.3 is 0 Å². The molecule has 3 N–H and O–H groups in total. The number of halogens is 1. The van der Waals surface area contributed by atoms with Gasteiger partial charge in [-0.1, -0.05) is 25.4 Å². The number of hydrogen-bond donors (Lipinski definition) is 2. The second-order valence-corrected chi connectivity index (χ2v) is 5.05. The average molecular weight is 239 g/mol. The Morgan fingerprint density at radius 2 is 2.19 bits per heavy atom. The number of hydrogen-bond acceptors (Lipinski definition) is 3. The summed E-state index contributed by atoms with van der Waals surface area (Å²) in [5, 5.41) is 11.2. The number of nitrogens with zero attached hydrogens (tertiary/aromatic N) is 1. The maximum atomic E-state index is 10.6. The number of benzene rings is 1. The molecule has 1 aromatic carbocycles. The summed E-state index contributed by atoms with van der Waals surface area (Å²) >= 11 is 5.93. The van der Waals surface area contributed by atoms with Crippen molar-refractivity contribution < 1.29 is 5.11 Å². The quantitative estimate of drug-likeness (QED) is 0.832. The highest BCUT2D eigenvalue weighted by Gasteiger charge is 2.40. The highest BCUT2D eigenvalue weighted by molar-refractivity contribution is 6.30. The van der Waals surface area contributed by atoms with Gasteiger partial charge in [0.15, 0.2) is 0 Å². The van der Waals surface area contributed by atoms with Gasteiger partial charge in [-0.25, -0.2) is 4.99 Å². The van der Waals surface area contributed by atoms with Crippen LogP contribution >= 0.6 is 11.6 Å². The van der Waals surface area contributed by atoms with Gasteiger partial charge in [-0.2, -0.15) is 0 Å². The van der Waals surface area contributed by atoms with Gasteiger partial charge < -0.3 is 10.8 Å². The number of nitrogens with two attached hydrogens (primary N) is 1. The van der Waals surface area contributed by atoms with E-state index in [4.69, 9.17) is 17.3 Å². The van der Waals surface area contributed by atoms with Crippen molar-refractivity contribution in [1.82, 2.24) is 0 Å². The first-order valence-electron chi connectivity index (χ1n) is 5.30. The number of aliphatic imine (C=N–C) groups is 1. The Kier molecular flexibility index (Phi) is 2.68. The number of rotatable bonds is 2. The van der Waals surface area contributed by atoms with Gasteiger partial charge in [0.1, 0.15) is 11.4 Å². The highest BCUT2D eigenvalue weighted by atomic mass is 35.5. The van der Waals surface area contributed by atoms with Crippen LogP contribution in [0.5, 0.6) is 0 Å². The summed E-state index contributed by atoms with van der Waals surface area (Å²) in [5.74, 6) is 0.585. The molecular weight excluding hydrogens is 224 g/mol. The van der Waals surface area contributed by atoms with Crippen LogP contribution in [0.25, 0.3) is 0 Å². The van der Waals surface area contributed by atoms with E-state index in [2.05, 4.69) is 4.99 Å². The van der Waals surface area contributed by atoms with E-state index in [1.54, 1.807) is 18.2 Å². The smallest absolute Gasteiger partial charge is 0.149 e. The van der Waals surface area contributed by atoms with E-state index in [0.717, 1.165) is 0 Å². The molecule has 2 rings (SSSR count). The molecule has 16 heavy (non-hydrogen) atoms. The van der Waals surface area contributed by atoms with Crippen LogP contribution < -0.4 is 5.73 Å². The predicted molar refractivity (Wildman–Crippen MR) is 66.1 cm³/mol. The van der Waals surface area contributed by atoms with Gasteiger partial charge in [0.25, 0.3) is 0 Å². The fourth-order valence-electron chi connectivity index (χ4n) is 2.10. The Bertz CT molecular complexity index is 456. The zero-order valence-corrected chi connectivity index (χ0v) is 10.1. The molecule has 0 aliphatic carbocycles. The third-order valence-corrected chi connectivity index (χ3v) is 3.01. The van der Waals surface area contributed by atoms with Crippen LogP contribution in [0.3, 0.4) is 0 Å². The molecule has 3 nitrogen and oxygen atoms in total. The maximum Gasteiger partial charge on any atom is 0.149 e. The molecule has 0 amide bonds. The fraction of sp³-hybridized carbons (Fsp3) is 0.417. The Labute approximate surface area is 99.9 Å². The summed E-state index contributed by atoms with van der Waals surface area (Å²) < 4.78 is 0. The lowest BCUT2D eigenvalue weighted by atomic mass is 9.86. The second kappa shape index (κ2) is 3.75. The number of aliphatic hydroxyl groups is 1. The molecule has 0 radical (unpaired) electrons. The van der Waals surface area contributed by atoms with Crippen molar-refractivity contribution in [3.63, 3.8) is 0 Å². The van der Waals surface area contributed by atoms with E-state index in [1.165, 1.54) is 0 Å². The third-order valence-electron chi connectivity index (χ3n) is 2.77. The molecule has 1 heterocycles. The molecule has 0 bridgehead atoms. The molecule has 86 valence electrons. The van der Waals surface area contributed by atoms with E-state index in [9.17, 15) is 5.11 Å². The first-order valence-corrected chi connectivity index (χ1v) is 5.68. The third kappa shape index (κ3) is 1.70. The minimum Gasteiger partial charge on any atom is -0.384 e. The largest absolute Gasteiger partial charge is 0.384 e. The summed E-state index contributed by atoms with van der Waals surface area (Å²) in [6.07, 6.45) is 0.551. The Morgan fingerprint density at radius 1 is 1.50 bits per heavy atom. The normalized spacial score (nSPS) is 23.4. The van der Waals surface area contributed by atoms with Crippen molar-refractivity contribution in [1.29, 1.82) is 0 Å². The van der Waals surface area contributed by atoms with Crippen LogP contribution in [0.1, 0.15) is 25.8 Å². The fourth-order valence-corrected chi connectivity index (χ4v) is 2.27. The van der Waals surface area contributed by atoms with Gasteiger partial charge in [-0.05, 0) is 30.5 Å². The lowest BCUT2D eigenvalue weighted by molar-refractivity contribution is 0.0891. The summed E-state index contributed by atoms with van der Waals surface area (Å²) in [6.45, 7) is 4.07. The van der Waals surface area contributed by atoms with Crippen molar-refractivity contribution in [3.8, 4) is 0 Å². The summed E-state index contributed by atoms with van der Waals surface area (Å²) in [6, 6.07) is 5.27. The Hall–Kier alpha value is -1.06. The molecule has 1 atom stereocenters. The minimum atomic E-state index is -1.16. The lowest BCUT2D eigenvalue weighted by Gasteiger charge is -2.26. The second-order valence-electron chi connectivity index (χ2n) is 4.62. The van der Waals surface area contributed by atoms with Gasteiger partial charge in [-0.15, -0.1) is 0 Å². The molecule has 1 aliphatic rings. The standard InChI is InChI=1S/C12H15ClN2O/c1-7(2)6-12(16)9-5-8(13)3-4-10(9)15-11(12)14/h3-5,7,16H,6H2,1-2H3,(H2,14,15). The molecule has 1 aliphatic heterocycles. The average Bonchev–Trinajstić information content (AvgIpc) is 2.40. The first-order chi connectivity index (χ1) is 7.43. The van der Waals surface area contributed by atoms with Crippen molar-refractivity contribution in [3.05, 3.63) is 28.8 Å². The van der Waals surface area contributed by atoms with Crippen molar-refractivity contribution >= 4 is 23.1 Å².